The Morgan fingerprint density at radius 2 is 2.05 bits per heavy atom. The molecule has 0 aliphatic carbocycles. The summed E-state index contributed by atoms with van der Waals surface area (Å²) in [4.78, 5) is 14.3. The van der Waals surface area contributed by atoms with Crippen LogP contribution in [-0.4, -0.2) is 40.2 Å². The Bertz CT molecular complexity index is 472. The average molecular weight is 291 g/mol. The topological polar surface area (TPSA) is 60.8 Å². The number of likely N-dealkylation sites (tertiary alicyclic amines) is 1. The molecule has 0 spiro atoms. The number of carbonyl (C=O) groups is 1. The molecule has 0 aromatic heterocycles. The van der Waals surface area contributed by atoms with Crippen LogP contribution in [0.2, 0.25) is 0 Å². The Kier molecular flexibility index (Phi) is 5.01. The van der Waals surface area contributed by atoms with Gasteiger partial charge >= 0.3 is 0 Å². The van der Waals surface area contributed by atoms with Gasteiger partial charge in [-0.1, -0.05) is 37.3 Å². The second kappa shape index (κ2) is 6.58. The van der Waals surface area contributed by atoms with Crippen LogP contribution in [0.1, 0.15) is 38.7 Å². The maximum Gasteiger partial charge on any atom is 0.226 e. The molecule has 2 rings (SSSR count). The lowest BCUT2D eigenvalue weighted by Gasteiger charge is -2.40. The van der Waals surface area contributed by atoms with Gasteiger partial charge in [0.2, 0.25) is 5.91 Å². The summed E-state index contributed by atoms with van der Waals surface area (Å²) < 4.78 is 0. The lowest BCUT2D eigenvalue weighted by atomic mass is 9.88. The van der Waals surface area contributed by atoms with Crippen LogP contribution in [0, 0.1) is 5.92 Å². The Balaban J connectivity index is 2.09. The molecular formula is C17H25NO3. The zero-order chi connectivity index (χ0) is 15.5. The lowest BCUT2D eigenvalue weighted by molar-refractivity contribution is -0.142. The highest BCUT2D eigenvalue weighted by molar-refractivity contribution is 5.78. The number of benzene rings is 1. The molecule has 2 N–H and O–H groups in total. The van der Waals surface area contributed by atoms with E-state index in [0.717, 1.165) is 18.4 Å². The minimum absolute atomic E-state index is 0.0135. The first-order chi connectivity index (χ1) is 9.95. The summed E-state index contributed by atoms with van der Waals surface area (Å²) >= 11 is 0. The van der Waals surface area contributed by atoms with Crippen molar-refractivity contribution in [3.05, 3.63) is 35.9 Å². The minimum atomic E-state index is -1.18. The molecule has 116 valence electrons. The van der Waals surface area contributed by atoms with Crippen molar-refractivity contribution >= 4 is 5.91 Å². The molecule has 1 heterocycles. The molecule has 1 aliphatic rings. The molecule has 4 heteroatoms. The Morgan fingerprint density at radius 1 is 1.38 bits per heavy atom. The fraction of sp³-hybridized carbons (Fsp3) is 0.588. The van der Waals surface area contributed by atoms with E-state index in [9.17, 15) is 15.0 Å². The van der Waals surface area contributed by atoms with Crippen LogP contribution >= 0.6 is 0 Å². The van der Waals surface area contributed by atoms with Crippen molar-refractivity contribution in [3.8, 4) is 0 Å². The number of piperidine rings is 1. The average Bonchev–Trinajstić information content (AvgIpc) is 2.47. The highest BCUT2D eigenvalue weighted by Crippen LogP contribution is 2.28. The highest BCUT2D eigenvalue weighted by Gasteiger charge is 2.35. The molecule has 0 bridgehead atoms. The van der Waals surface area contributed by atoms with Crippen molar-refractivity contribution in [2.45, 2.75) is 44.8 Å². The molecule has 0 unspecified atom stereocenters. The van der Waals surface area contributed by atoms with Crippen LogP contribution in [0.4, 0.5) is 0 Å². The van der Waals surface area contributed by atoms with Crippen molar-refractivity contribution in [3.63, 3.8) is 0 Å². The number of nitrogens with zero attached hydrogens (tertiary/aromatic N) is 1. The minimum Gasteiger partial charge on any atom is -0.394 e. The van der Waals surface area contributed by atoms with Crippen molar-refractivity contribution in [1.29, 1.82) is 0 Å². The van der Waals surface area contributed by atoms with Gasteiger partial charge in [-0.2, -0.15) is 0 Å². The van der Waals surface area contributed by atoms with Gasteiger partial charge in [0.15, 0.2) is 0 Å². The number of aliphatic hydroxyl groups excluding tert-OH is 1. The van der Waals surface area contributed by atoms with E-state index >= 15 is 0 Å². The van der Waals surface area contributed by atoms with Crippen LogP contribution in [0.5, 0.6) is 0 Å². The van der Waals surface area contributed by atoms with Gasteiger partial charge in [-0.25, -0.2) is 0 Å². The number of amides is 1. The molecule has 4 nitrogen and oxygen atoms in total. The zero-order valence-electron chi connectivity index (χ0n) is 12.8. The van der Waals surface area contributed by atoms with E-state index in [0.29, 0.717) is 12.5 Å². The van der Waals surface area contributed by atoms with E-state index in [1.165, 1.54) is 0 Å². The number of rotatable bonds is 4. The fourth-order valence-corrected chi connectivity index (χ4v) is 3.13. The van der Waals surface area contributed by atoms with Crippen molar-refractivity contribution in [2.75, 3.05) is 13.2 Å². The third-order valence-electron chi connectivity index (χ3n) is 4.51. The van der Waals surface area contributed by atoms with Gasteiger partial charge in [0, 0.05) is 6.54 Å². The first-order valence-corrected chi connectivity index (χ1v) is 7.64. The summed E-state index contributed by atoms with van der Waals surface area (Å²) in [6.07, 6.45) is 2.03. The summed E-state index contributed by atoms with van der Waals surface area (Å²) in [5, 5.41) is 20.1. The molecular weight excluding hydrogens is 266 g/mol. The summed E-state index contributed by atoms with van der Waals surface area (Å²) in [6, 6.07) is 9.13. The maximum absolute atomic E-state index is 12.6. The smallest absolute Gasteiger partial charge is 0.226 e. The largest absolute Gasteiger partial charge is 0.394 e. The van der Waals surface area contributed by atoms with Crippen molar-refractivity contribution < 1.29 is 15.0 Å². The van der Waals surface area contributed by atoms with E-state index in [4.69, 9.17) is 0 Å². The summed E-state index contributed by atoms with van der Waals surface area (Å²) in [7, 11) is 0. The van der Waals surface area contributed by atoms with Gasteiger partial charge in [0.25, 0.3) is 0 Å². The molecule has 1 aliphatic heterocycles. The normalized spacial score (nSPS) is 25.4. The quantitative estimate of drug-likeness (QED) is 0.891. The molecule has 0 saturated carbocycles. The van der Waals surface area contributed by atoms with E-state index in [1.54, 1.807) is 11.8 Å². The second-order valence-corrected chi connectivity index (χ2v) is 6.27. The molecule has 0 radical (unpaired) electrons. The summed E-state index contributed by atoms with van der Waals surface area (Å²) in [6.45, 7) is 4.39. The second-order valence-electron chi connectivity index (χ2n) is 6.27. The molecule has 1 amide bonds. The molecule has 3 atom stereocenters. The highest BCUT2D eigenvalue weighted by atomic mass is 16.3. The molecule has 1 aromatic rings. The first-order valence-electron chi connectivity index (χ1n) is 7.64. The Hall–Kier alpha value is -1.39. The maximum atomic E-state index is 12.6. The lowest BCUT2D eigenvalue weighted by Crippen LogP contribution is -2.51. The van der Waals surface area contributed by atoms with Crippen LogP contribution in [0.25, 0.3) is 0 Å². The van der Waals surface area contributed by atoms with Crippen molar-refractivity contribution in [2.24, 2.45) is 5.92 Å². The predicted molar refractivity (Wildman–Crippen MR) is 81.6 cm³/mol. The zero-order valence-corrected chi connectivity index (χ0v) is 12.8. The van der Waals surface area contributed by atoms with E-state index in [1.807, 2.05) is 30.3 Å². The van der Waals surface area contributed by atoms with Crippen LogP contribution in [-0.2, 0) is 10.4 Å². The molecule has 1 saturated heterocycles. The Labute approximate surface area is 126 Å². The summed E-state index contributed by atoms with van der Waals surface area (Å²) in [5.41, 5.74) is -0.442. The van der Waals surface area contributed by atoms with Gasteiger partial charge in [-0.3, -0.25) is 4.79 Å². The fourth-order valence-electron chi connectivity index (χ4n) is 3.13. The number of hydrogen-bond donors (Lipinski definition) is 2. The molecule has 21 heavy (non-hydrogen) atoms. The van der Waals surface area contributed by atoms with E-state index < -0.39 is 5.60 Å². The third-order valence-corrected chi connectivity index (χ3v) is 4.51. The van der Waals surface area contributed by atoms with Crippen LogP contribution in [0.3, 0.4) is 0 Å². The van der Waals surface area contributed by atoms with E-state index in [2.05, 4.69) is 6.92 Å². The number of carbonyl (C=O) groups excluding carboxylic acids is 1. The molecule has 1 aromatic carbocycles. The standard InChI is InChI=1S/C17H25NO3/c1-13-7-6-10-18(15(13)12-19)16(20)11-17(2,21)14-8-4-3-5-9-14/h3-5,8-9,13,15,19,21H,6-7,10-12H2,1-2H3/t13-,15-,17-/m1/s1. The van der Waals surface area contributed by atoms with Gasteiger partial charge < -0.3 is 15.1 Å². The van der Waals surface area contributed by atoms with E-state index in [-0.39, 0.29) is 25.0 Å². The number of hydrogen-bond acceptors (Lipinski definition) is 3. The van der Waals surface area contributed by atoms with Gasteiger partial charge in [-0.15, -0.1) is 0 Å². The SMILES string of the molecule is C[C@@H]1CCCN(C(=O)C[C@@](C)(O)c2ccccc2)[C@@H]1CO. The van der Waals surface area contributed by atoms with Gasteiger partial charge in [0.1, 0.15) is 0 Å². The van der Waals surface area contributed by atoms with Gasteiger partial charge in [0.05, 0.1) is 24.7 Å². The molecule has 1 fully saturated rings. The van der Waals surface area contributed by atoms with Crippen molar-refractivity contribution in [1.82, 2.24) is 4.90 Å². The summed E-state index contributed by atoms with van der Waals surface area (Å²) in [5.74, 6) is 0.212. The van der Waals surface area contributed by atoms with Crippen LogP contribution in [0.15, 0.2) is 30.3 Å². The predicted octanol–water partition coefficient (Wildman–Crippen LogP) is 1.90. The monoisotopic (exact) mass is 291 g/mol. The van der Waals surface area contributed by atoms with Gasteiger partial charge in [-0.05, 0) is 31.2 Å². The first kappa shape index (κ1) is 16.0. The number of aliphatic hydroxyl groups is 2. The Morgan fingerprint density at radius 3 is 2.67 bits per heavy atom. The van der Waals surface area contributed by atoms with Crippen LogP contribution < -0.4 is 0 Å². The third kappa shape index (κ3) is 3.63.